The molecule has 21 heavy (non-hydrogen) atoms. The van der Waals surface area contributed by atoms with Gasteiger partial charge >= 0.3 is 5.97 Å². The van der Waals surface area contributed by atoms with Gasteiger partial charge in [-0.25, -0.2) is 9.78 Å². The zero-order chi connectivity index (χ0) is 15.2. The summed E-state index contributed by atoms with van der Waals surface area (Å²) in [6.45, 7) is 0. The maximum Gasteiger partial charge on any atom is 0.326 e. The number of aromatic amines is 1. The molecule has 0 saturated carbocycles. The summed E-state index contributed by atoms with van der Waals surface area (Å²) in [4.78, 5) is 29.9. The van der Waals surface area contributed by atoms with Crippen LogP contribution in [0.2, 0.25) is 0 Å². The number of aliphatic carboxylic acids is 1. The van der Waals surface area contributed by atoms with Gasteiger partial charge in [0.15, 0.2) is 0 Å². The predicted molar refractivity (Wildman–Crippen MR) is 75.2 cm³/mol. The minimum absolute atomic E-state index is 0.114. The molecule has 0 fully saturated rings. The average Bonchev–Trinajstić information content (AvgIpc) is 2.99. The summed E-state index contributed by atoms with van der Waals surface area (Å²) in [6, 6.07) is 6.81. The zero-order valence-corrected chi connectivity index (χ0v) is 11.2. The van der Waals surface area contributed by atoms with Gasteiger partial charge in [-0.3, -0.25) is 4.79 Å². The van der Waals surface area contributed by atoms with Crippen molar-refractivity contribution in [2.75, 3.05) is 0 Å². The number of nitrogens with one attached hydrogen (secondary N) is 2. The van der Waals surface area contributed by atoms with Gasteiger partial charge in [-0.1, -0.05) is 30.3 Å². The van der Waals surface area contributed by atoms with Crippen LogP contribution in [0.1, 0.15) is 17.3 Å². The number of benzene rings is 1. The summed E-state index contributed by atoms with van der Waals surface area (Å²) in [5, 5.41) is 11.6. The molecule has 0 radical (unpaired) electrons. The lowest BCUT2D eigenvalue weighted by molar-refractivity contribution is -0.142. The molecule has 1 aromatic heterocycles. The highest BCUT2D eigenvalue weighted by molar-refractivity contribution is 5.87. The number of carboxylic acid groups (broad SMARTS) is 1. The molecule has 1 amide bonds. The molecule has 110 valence electrons. The summed E-state index contributed by atoms with van der Waals surface area (Å²) in [7, 11) is 0. The molecular formula is C14H16N4O3. The van der Waals surface area contributed by atoms with Crippen LogP contribution in [0.25, 0.3) is 0 Å². The smallest absolute Gasteiger partial charge is 0.326 e. The Morgan fingerprint density at radius 1 is 1.33 bits per heavy atom. The van der Waals surface area contributed by atoms with Crippen LogP contribution in [0.5, 0.6) is 0 Å². The van der Waals surface area contributed by atoms with Crippen molar-refractivity contribution in [3.63, 3.8) is 0 Å². The minimum Gasteiger partial charge on any atom is -0.480 e. The van der Waals surface area contributed by atoms with Gasteiger partial charge in [-0.15, -0.1) is 0 Å². The summed E-state index contributed by atoms with van der Waals surface area (Å²) in [6.07, 6.45) is 3.08. The largest absolute Gasteiger partial charge is 0.480 e. The summed E-state index contributed by atoms with van der Waals surface area (Å²) in [5.41, 5.74) is 7.08. The molecule has 0 aliphatic rings. The number of rotatable bonds is 6. The van der Waals surface area contributed by atoms with E-state index in [1.165, 1.54) is 12.5 Å². The average molecular weight is 288 g/mol. The van der Waals surface area contributed by atoms with Crippen LogP contribution in [0.4, 0.5) is 0 Å². The van der Waals surface area contributed by atoms with Gasteiger partial charge in [0.05, 0.1) is 6.33 Å². The van der Waals surface area contributed by atoms with E-state index in [9.17, 15) is 14.7 Å². The van der Waals surface area contributed by atoms with Crippen molar-refractivity contribution in [2.24, 2.45) is 5.73 Å². The van der Waals surface area contributed by atoms with Gasteiger partial charge in [-0.05, 0) is 5.56 Å². The Bertz CT molecular complexity index is 598. The van der Waals surface area contributed by atoms with E-state index in [-0.39, 0.29) is 6.42 Å². The van der Waals surface area contributed by atoms with Crippen molar-refractivity contribution < 1.29 is 14.7 Å². The molecule has 7 heteroatoms. The third-order valence-corrected chi connectivity index (χ3v) is 3.03. The Balaban J connectivity index is 2.03. The normalized spacial score (nSPS) is 13.4. The topological polar surface area (TPSA) is 121 Å². The first-order chi connectivity index (χ1) is 10.1. The van der Waals surface area contributed by atoms with Crippen molar-refractivity contribution >= 4 is 11.9 Å². The number of nitrogens with zero attached hydrogens (tertiary/aromatic N) is 1. The number of carbonyl (C=O) groups is 2. The lowest BCUT2D eigenvalue weighted by Crippen LogP contribution is -2.46. The molecule has 2 rings (SSSR count). The first-order valence-electron chi connectivity index (χ1n) is 6.39. The molecule has 2 aromatic rings. The molecular weight excluding hydrogens is 272 g/mol. The third kappa shape index (κ3) is 3.90. The van der Waals surface area contributed by atoms with E-state index in [1.807, 2.05) is 6.07 Å². The quantitative estimate of drug-likeness (QED) is 0.606. The van der Waals surface area contributed by atoms with Crippen LogP contribution >= 0.6 is 0 Å². The molecule has 0 unspecified atom stereocenters. The predicted octanol–water partition coefficient (Wildman–Crippen LogP) is 0.222. The molecule has 0 spiro atoms. The Morgan fingerprint density at radius 2 is 2.05 bits per heavy atom. The van der Waals surface area contributed by atoms with Crippen molar-refractivity contribution in [1.82, 2.24) is 15.3 Å². The first kappa shape index (κ1) is 14.7. The molecule has 0 aliphatic carbocycles. The number of hydrogen-bond donors (Lipinski definition) is 4. The van der Waals surface area contributed by atoms with Crippen LogP contribution in [-0.4, -0.2) is 33.0 Å². The second kappa shape index (κ2) is 6.67. The number of carboxylic acids is 1. The van der Waals surface area contributed by atoms with E-state index in [4.69, 9.17) is 5.73 Å². The van der Waals surface area contributed by atoms with Gasteiger partial charge in [0.25, 0.3) is 0 Å². The number of amides is 1. The van der Waals surface area contributed by atoms with E-state index >= 15 is 0 Å². The lowest BCUT2D eigenvalue weighted by atomic mass is 10.1. The van der Waals surface area contributed by atoms with Gasteiger partial charge in [0.1, 0.15) is 12.1 Å². The number of nitrogens with two attached hydrogens (primary N) is 1. The summed E-state index contributed by atoms with van der Waals surface area (Å²) >= 11 is 0. The molecule has 5 N–H and O–H groups in total. The standard InChI is InChI=1S/C14H16N4O3/c15-12(9-4-2-1-3-5-9)13(19)18-11(14(20)21)6-10-7-16-8-17-10/h1-5,7-8,11-12H,6,15H2,(H,16,17)(H,18,19)(H,20,21)/t11-,12+/m1/s1. The number of imidazole rings is 1. The van der Waals surface area contributed by atoms with Crippen LogP contribution in [0.15, 0.2) is 42.9 Å². The zero-order valence-electron chi connectivity index (χ0n) is 11.2. The SMILES string of the molecule is N[C@H](C(=O)N[C@H](Cc1cnc[nH]1)C(=O)O)c1ccccc1. The van der Waals surface area contributed by atoms with Crippen molar-refractivity contribution in [1.29, 1.82) is 0 Å². The second-order valence-electron chi connectivity index (χ2n) is 4.57. The van der Waals surface area contributed by atoms with Crippen molar-refractivity contribution in [3.8, 4) is 0 Å². The van der Waals surface area contributed by atoms with E-state index in [1.54, 1.807) is 24.3 Å². The van der Waals surface area contributed by atoms with Crippen molar-refractivity contribution in [3.05, 3.63) is 54.1 Å². The fraction of sp³-hybridized carbons (Fsp3) is 0.214. The highest BCUT2D eigenvalue weighted by Gasteiger charge is 2.24. The summed E-state index contributed by atoms with van der Waals surface area (Å²) in [5.74, 6) is -1.66. The van der Waals surface area contributed by atoms with Crippen LogP contribution in [0, 0.1) is 0 Å². The fourth-order valence-corrected chi connectivity index (χ4v) is 1.89. The van der Waals surface area contributed by atoms with E-state index in [0.717, 1.165) is 0 Å². The maximum absolute atomic E-state index is 12.1. The molecule has 1 aromatic carbocycles. The Kier molecular flexibility index (Phi) is 4.68. The first-order valence-corrected chi connectivity index (χ1v) is 6.39. The Hall–Kier alpha value is -2.67. The lowest BCUT2D eigenvalue weighted by Gasteiger charge is -2.17. The maximum atomic E-state index is 12.1. The van der Waals surface area contributed by atoms with Gasteiger partial charge in [0, 0.05) is 18.3 Å². The highest BCUT2D eigenvalue weighted by Crippen LogP contribution is 2.10. The molecule has 0 aliphatic heterocycles. The molecule has 2 atom stereocenters. The monoisotopic (exact) mass is 288 g/mol. The molecule has 0 bridgehead atoms. The van der Waals surface area contributed by atoms with Crippen LogP contribution < -0.4 is 11.1 Å². The highest BCUT2D eigenvalue weighted by atomic mass is 16.4. The number of hydrogen-bond acceptors (Lipinski definition) is 4. The minimum atomic E-state index is -1.13. The molecule has 1 heterocycles. The number of carbonyl (C=O) groups excluding carboxylic acids is 1. The third-order valence-electron chi connectivity index (χ3n) is 3.03. The van der Waals surface area contributed by atoms with Gasteiger partial charge in [0.2, 0.25) is 5.91 Å². The molecule has 0 saturated heterocycles. The van der Waals surface area contributed by atoms with Gasteiger partial charge < -0.3 is 21.1 Å². The van der Waals surface area contributed by atoms with Gasteiger partial charge in [-0.2, -0.15) is 0 Å². The van der Waals surface area contributed by atoms with E-state index in [0.29, 0.717) is 11.3 Å². The van der Waals surface area contributed by atoms with Crippen LogP contribution in [-0.2, 0) is 16.0 Å². The number of H-pyrrole nitrogens is 1. The van der Waals surface area contributed by atoms with E-state index < -0.39 is 24.0 Å². The Labute approximate surface area is 121 Å². The van der Waals surface area contributed by atoms with Crippen molar-refractivity contribution in [2.45, 2.75) is 18.5 Å². The second-order valence-corrected chi connectivity index (χ2v) is 4.57. The van der Waals surface area contributed by atoms with E-state index in [2.05, 4.69) is 15.3 Å². The fourth-order valence-electron chi connectivity index (χ4n) is 1.89. The Morgan fingerprint density at radius 3 is 2.62 bits per heavy atom. The molecule has 7 nitrogen and oxygen atoms in total. The summed E-state index contributed by atoms with van der Waals surface area (Å²) < 4.78 is 0. The van der Waals surface area contributed by atoms with Crippen LogP contribution in [0.3, 0.4) is 0 Å². The number of aromatic nitrogens is 2.